The van der Waals surface area contributed by atoms with Crippen LogP contribution in [0.2, 0.25) is 5.02 Å². The topological polar surface area (TPSA) is 82.6 Å². The smallest absolute Gasteiger partial charge is 0.259 e. The van der Waals surface area contributed by atoms with Crippen LogP contribution in [0.1, 0.15) is 41.7 Å². The first-order valence-corrected chi connectivity index (χ1v) is 11.6. The third-order valence-electron chi connectivity index (χ3n) is 5.83. The Hall–Kier alpha value is -2.16. The lowest BCUT2D eigenvalue weighted by Crippen LogP contribution is -2.57. The lowest BCUT2D eigenvalue weighted by molar-refractivity contribution is 0.0992. The Labute approximate surface area is 174 Å². The minimum Gasteiger partial charge on any atom is -0.378 e. The SMILES string of the molecule is C[C@@H]1c2cc(Cl)ccc2C(=O)N1c1cncc(NC2CN(S(=O)(=O)C3CC3)C2)c1. The molecular formula is C20H21ClN4O3S. The average Bonchev–Trinajstić information content (AvgIpc) is 3.47. The molecule has 1 saturated heterocycles. The Morgan fingerprint density at radius 1 is 1.17 bits per heavy atom. The molecule has 2 aromatic rings. The highest BCUT2D eigenvalue weighted by Gasteiger charge is 2.45. The van der Waals surface area contributed by atoms with Crippen molar-refractivity contribution < 1.29 is 13.2 Å². The molecule has 0 unspecified atom stereocenters. The molecule has 7 nitrogen and oxygen atoms in total. The summed E-state index contributed by atoms with van der Waals surface area (Å²) in [6.45, 7) is 2.89. The van der Waals surface area contributed by atoms with E-state index in [1.165, 1.54) is 0 Å². The van der Waals surface area contributed by atoms with Crippen LogP contribution in [0.25, 0.3) is 0 Å². The number of nitrogens with zero attached hydrogens (tertiary/aromatic N) is 3. The molecule has 2 fully saturated rings. The van der Waals surface area contributed by atoms with E-state index < -0.39 is 10.0 Å². The number of rotatable bonds is 5. The van der Waals surface area contributed by atoms with E-state index in [1.807, 2.05) is 19.1 Å². The Balaban J connectivity index is 1.30. The molecule has 0 spiro atoms. The summed E-state index contributed by atoms with van der Waals surface area (Å²) in [7, 11) is -3.11. The number of anilines is 2. The second-order valence-corrected chi connectivity index (χ2v) is 10.6. The normalized spacial score (nSPS) is 22.5. The number of halogens is 1. The monoisotopic (exact) mass is 432 g/mol. The number of nitrogens with one attached hydrogen (secondary N) is 1. The van der Waals surface area contributed by atoms with Gasteiger partial charge in [-0.3, -0.25) is 14.7 Å². The fraction of sp³-hybridized carbons (Fsp3) is 0.400. The van der Waals surface area contributed by atoms with Crippen molar-refractivity contribution in [2.24, 2.45) is 0 Å². The van der Waals surface area contributed by atoms with Crippen LogP contribution in [0, 0.1) is 0 Å². The molecule has 3 heterocycles. The lowest BCUT2D eigenvalue weighted by Gasteiger charge is -2.39. The number of aromatic nitrogens is 1. The molecule has 1 N–H and O–H groups in total. The van der Waals surface area contributed by atoms with Gasteiger partial charge in [-0.05, 0) is 49.6 Å². The van der Waals surface area contributed by atoms with E-state index in [0.717, 1.165) is 24.1 Å². The van der Waals surface area contributed by atoms with Crippen LogP contribution in [-0.4, -0.2) is 48.0 Å². The molecule has 2 aliphatic heterocycles. The van der Waals surface area contributed by atoms with Gasteiger partial charge in [-0.25, -0.2) is 8.42 Å². The van der Waals surface area contributed by atoms with Crippen LogP contribution in [0.3, 0.4) is 0 Å². The van der Waals surface area contributed by atoms with Crippen LogP contribution in [0.15, 0.2) is 36.7 Å². The van der Waals surface area contributed by atoms with Crippen LogP contribution in [0.4, 0.5) is 11.4 Å². The zero-order valence-electron chi connectivity index (χ0n) is 15.9. The minimum absolute atomic E-state index is 0.0447. The van der Waals surface area contributed by atoms with Crippen molar-refractivity contribution in [3.8, 4) is 0 Å². The highest BCUT2D eigenvalue weighted by atomic mass is 35.5. The van der Waals surface area contributed by atoms with E-state index >= 15 is 0 Å². The molecule has 3 aliphatic rings. The highest BCUT2D eigenvalue weighted by Crippen LogP contribution is 2.39. The van der Waals surface area contributed by atoms with E-state index in [4.69, 9.17) is 11.6 Å². The van der Waals surface area contributed by atoms with Crippen molar-refractivity contribution in [1.29, 1.82) is 0 Å². The molecule has 1 aliphatic carbocycles. The van der Waals surface area contributed by atoms with E-state index in [0.29, 0.717) is 29.4 Å². The van der Waals surface area contributed by atoms with Gasteiger partial charge in [0.05, 0.1) is 41.1 Å². The van der Waals surface area contributed by atoms with E-state index in [2.05, 4.69) is 10.3 Å². The summed E-state index contributed by atoms with van der Waals surface area (Å²) < 4.78 is 26.0. The van der Waals surface area contributed by atoms with Crippen molar-refractivity contribution in [2.75, 3.05) is 23.3 Å². The average molecular weight is 433 g/mol. The molecule has 5 rings (SSSR count). The molecule has 1 atom stereocenters. The molecular weight excluding hydrogens is 412 g/mol. The summed E-state index contributed by atoms with van der Waals surface area (Å²) in [5, 5.41) is 3.77. The van der Waals surface area contributed by atoms with Gasteiger partial charge in [0.1, 0.15) is 0 Å². The quantitative estimate of drug-likeness (QED) is 0.785. The van der Waals surface area contributed by atoms with Crippen molar-refractivity contribution in [2.45, 2.75) is 37.1 Å². The summed E-state index contributed by atoms with van der Waals surface area (Å²) in [6, 6.07) is 7.10. The number of hydrogen-bond acceptors (Lipinski definition) is 5. The maximum Gasteiger partial charge on any atom is 0.259 e. The number of benzene rings is 1. The van der Waals surface area contributed by atoms with Gasteiger partial charge in [-0.2, -0.15) is 4.31 Å². The standard InChI is InChI=1S/C20H21ClN4O3S/c1-12-19-6-13(21)2-5-18(19)20(26)25(12)16-7-14(8-22-9-16)23-15-10-24(11-15)29(27,28)17-3-4-17/h2,5-9,12,15,17,23H,3-4,10-11H2,1H3/t12-/m1/s1. The van der Waals surface area contributed by atoms with Crippen molar-refractivity contribution in [1.82, 2.24) is 9.29 Å². The summed E-state index contributed by atoms with van der Waals surface area (Å²) in [5.41, 5.74) is 3.02. The number of fused-ring (bicyclic) bond motifs is 1. The molecule has 1 aromatic carbocycles. The first-order valence-electron chi connectivity index (χ1n) is 9.68. The molecule has 29 heavy (non-hydrogen) atoms. The van der Waals surface area contributed by atoms with Crippen molar-refractivity contribution >= 4 is 38.9 Å². The summed E-state index contributed by atoms with van der Waals surface area (Å²) in [6.07, 6.45) is 4.91. The van der Waals surface area contributed by atoms with Crippen LogP contribution < -0.4 is 10.2 Å². The Morgan fingerprint density at radius 2 is 1.93 bits per heavy atom. The summed E-state index contributed by atoms with van der Waals surface area (Å²) in [5.74, 6) is -0.0755. The summed E-state index contributed by atoms with van der Waals surface area (Å²) in [4.78, 5) is 18.9. The van der Waals surface area contributed by atoms with Crippen molar-refractivity contribution in [3.63, 3.8) is 0 Å². The number of carbonyl (C=O) groups is 1. The molecule has 1 saturated carbocycles. The Kier molecular flexibility index (Phi) is 4.34. The fourth-order valence-corrected chi connectivity index (χ4v) is 6.16. The summed E-state index contributed by atoms with van der Waals surface area (Å²) >= 11 is 6.10. The minimum atomic E-state index is -3.11. The molecule has 0 radical (unpaired) electrons. The number of carbonyl (C=O) groups excluding carboxylic acids is 1. The van der Waals surface area contributed by atoms with Gasteiger partial charge < -0.3 is 5.32 Å². The van der Waals surface area contributed by atoms with Gasteiger partial charge >= 0.3 is 0 Å². The van der Waals surface area contributed by atoms with E-state index in [-0.39, 0.29) is 23.2 Å². The zero-order valence-corrected chi connectivity index (χ0v) is 17.4. The first kappa shape index (κ1) is 18.8. The van der Waals surface area contributed by atoms with E-state index in [1.54, 1.807) is 33.7 Å². The Bertz CT molecular complexity index is 1100. The van der Waals surface area contributed by atoms with E-state index in [9.17, 15) is 13.2 Å². The van der Waals surface area contributed by atoms with Gasteiger partial charge in [-0.1, -0.05) is 11.6 Å². The predicted octanol–water partition coefficient (Wildman–Crippen LogP) is 3.04. The van der Waals surface area contributed by atoms with Gasteiger partial charge in [-0.15, -0.1) is 0 Å². The zero-order chi connectivity index (χ0) is 20.3. The number of amides is 1. The maximum absolute atomic E-state index is 12.9. The molecule has 9 heteroatoms. The second-order valence-electron chi connectivity index (χ2n) is 7.92. The maximum atomic E-state index is 12.9. The number of pyridine rings is 1. The van der Waals surface area contributed by atoms with Gasteiger partial charge in [0.25, 0.3) is 5.91 Å². The third kappa shape index (κ3) is 3.19. The van der Waals surface area contributed by atoms with Crippen LogP contribution in [-0.2, 0) is 10.0 Å². The van der Waals surface area contributed by atoms with Gasteiger partial charge in [0.15, 0.2) is 0 Å². The van der Waals surface area contributed by atoms with Crippen molar-refractivity contribution in [3.05, 3.63) is 52.8 Å². The third-order valence-corrected chi connectivity index (χ3v) is 8.39. The molecule has 1 amide bonds. The number of hydrogen-bond donors (Lipinski definition) is 1. The Morgan fingerprint density at radius 3 is 2.66 bits per heavy atom. The highest BCUT2D eigenvalue weighted by molar-refractivity contribution is 7.90. The molecule has 0 bridgehead atoms. The van der Waals surface area contributed by atoms with Gasteiger partial charge in [0.2, 0.25) is 10.0 Å². The first-order chi connectivity index (χ1) is 13.8. The van der Waals surface area contributed by atoms with Gasteiger partial charge in [0, 0.05) is 23.7 Å². The second kappa shape index (κ2) is 6.68. The number of sulfonamides is 1. The largest absolute Gasteiger partial charge is 0.378 e. The van der Waals surface area contributed by atoms with Crippen LogP contribution in [0.5, 0.6) is 0 Å². The molecule has 152 valence electrons. The molecule has 1 aromatic heterocycles. The fourth-order valence-electron chi connectivity index (χ4n) is 4.05. The predicted molar refractivity (Wildman–Crippen MR) is 112 cm³/mol. The lowest BCUT2D eigenvalue weighted by atomic mass is 10.1. The van der Waals surface area contributed by atoms with Crippen LogP contribution >= 0.6 is 11.6 Å².